The minimum absolute atomic E-state index is 0.224. The molecule has 1 unspecified atom stereocenters. The van der Waals surface area contributed by atoms with Gasteiger partial charge in [-0.2, -0.15) is 4.31 Å². The summed E-state index contributed by atoms with van der Waals surface area (Å²) < 4.78 is 29.1. The topological polar surface area (TPSA) is 82.6 Å². The molecule has 3 heterocycles. The number of nitrogens with zero attached hydrogens (tertiary/aromatic N) is 3. The Hall–Kier alpha value is -2.30. The second-order valence-electron chi connectivity index (χ2n) is 10.3. The van der Waals surface area contributed by atoms with Gasteiger partial charge in [-0.05, 0) is 80.8 Å². The fraction of sp³-hybridized carbons (Fsp3) is 0.467. The number of hydrogen-bond acceptors (Lipinski definition) is 6. The van der Waals surface area contributed by atoms with E-state index in [1.165, 1.54) is 30.6 Å². The number of sulfonamides is 1. The maximum Gasteiger partial charge on any atom is 0.252 e. The van der Waals surface area contributed by atoms with Gasteiger partial charge in [0.25, 0.3) is 15.9 Å². The molecule has 3 aromatic rings. The molecule has 10 heteroatoms. The average Bonchev–Trinajstić information content (AvgIpc) is 3.31. The first kappa shape index (κ1) is 30.7. The lowest BCUT2D eigenvalue weighted by atomic mass is 10.1. The molecule has 1 aliphatic heterocycles. The van der Waals surface area contributed by atoms with E-state index in [1.54, 1.807) is 40.7 Å². The van der Waals surface area contributed by atoms with Crippen molar-refractivity contribution in [3.63, 3.8) is 0 Å². The van der Waals surface area contributed by atoms with E-state index in [1.807, 2.05) is 18.3 Å². The van der Waals surface area contributed by atoms with Gasteiger partial charge in [-0.15, -0.1) is 11.3 Å². The molecule has 1 amide bonds. The molecule has 4 rings (SSSR count). The lowest BCUT2D eigenvalue weighted by Gasteiger charge is -2.31. The van der Waals surface area contributed by atoms with Gasteiger partial charge in [-0.3, -0.25) is 14.7 Å². The van der Waals surface area contributed by atoms with E-state index in [0.717, 1.165) is 49.3 Å². The summed E-state index contributed by atoms with van der Waals surface area (Å²) in [5.74, 6) is -0.224. The molecule has 0 spiro atoms. The zero-order chi connectivity index (χ0) is 28.4. The Labute approximate surface area is 247 Å². The third-order valence-electron chi connectivity index (χ3n) is 7.32. The summed E-state index contributed by atoms with van der Waals surface area (Å²) in [7, 11) is -3.60. The first-order valence-electron chi connectivity index (χ1n) is 14.1. The van der Waals surface area contributed by atoms with Gasteiger partial charge in [0, 0.05) is 47.3 Å². The molecule has 216 valence electrons. The molecular formula is C30H39ClN4O3S2. The van der Waals surface area contributed by atoms with Crippen molar-refractivity contribution in [2.24, 2.45) is 0 Å². The number of carbonyl (C=O) groups excluding carboxylic acids is 1. The third kappa shape index (κ3) is 8.60. The number of hydrogen-bond donors (Lipinski definition) is 1. The molecule has 1 saturated heterocycles. The number of pyridine rings is 1. The van der Waals surface area contributed by atoms with Gasteiger partial charge in [-0.1, -0.05) is 43.9 Å². The quantitative estimate of drug-likeness (QED) is 0.230. The fourth-order valence-electron chi connectivity index (χ4n) is 5.08. The van der Waals surface area contributed by atoms with Crippen LogP contribution >= 0.6 is 22.9 Å². The molecule has 0 aliphatic carbocycles. The number of unbranched alkanes of at least 4 members (excludes halogenated alkanes) is 3. The first-order chi connectivity index (χ1) is 19.4. The molecule has 0 radical (unpaired) electrons. The Balaban J connectivity index is 1.36. The minimum atomic E-state index is -3.60. The Morgan fingerprint density at radius 2 is 1.90 bits per heavy atom. The largest absolute Gasteiger partial charge is 0.347 e. The number of halogens is 1. The third-order valence-corrected chi connectivity index (χ3v) is 11.0. The van der Waals surface area contributed by atoms with E-state index in [2.05, 4.69) is 28.2 Å². The van der Waals surface area contributed by atoms with Crippen LogP contribution in [0, 0.1) is 0 Å². The lowest BCUT2D eigenvalue weighted by Crippen LogP contribution is -2.37. The molecule has 2 aromatic heterocycles. The van der Waals surface area contributed by atoms with E-state index in [9.17, 15) is 13.2 Å². The van der Waals surface area contributed by atoms with Crippen LogP contribution in [0.5, 0.6) is 0 Å². The van der Waals surface area contributed by atoms with Crippen LogP contribution in [0.15, 0.2) is 65.0 Å². The van der Waals surface area contributed by atoms with Crippen LogP contribution in [0.3, 0.4) is 0 Å². The van der Waals surface area contributed by atoms with Crippen molar-refractivity contribution in [1.29, 1.82) is 0 Å². The van der Waals surface area contributed by atoms with Crippen molar-refractivity contribution in [1.82, 2.24) is 19.5 Å². The van der Waals surface area contributed by atoms with Crippen molar-refractivity contribution in [3.8, 4) is 0 Å². The van der Waals surface area contributed by atoms with Crippen LogP contribution in [0.25, 0.3) is 0 Å². The van der Waals surface area contributed by atoms with Crippen molar-refractivity contribution in [2.75, 3.05) is 19.6 Å². The van der Waals surface area contributed by atoms with E-state index in [0.29, 0.717) is 33.9 Å². The van der Waals surface area contributed by atoms with Crippen LogP contribution in [0.4, 0.5) is 0 Å². The molecule has 1 fully saturated rings. The molecule has 0 bridgehead atoms. The van der Waals surface area contributed by atoms with Crippen molar-refractivity contribution < 1.29 is 13.2 Å². The Morgan fingerprint density at radius 1 is 1.07 bits per heavy atom. The first-order valence-corrected chi connectivity index (χ1v) is 16.8. The Morgan fingerprint density at radius 3 is 2.65 bits per heavy atom. The summed E-state index contributed by atoms with van der Waals surface area (Å²) in [6.07, 6.45) is 9.23. The predicted octanol–water partition coefficient (Wildman–Crippen LogP) is 6.35. The minimum Gasteiger partial charge on any atom is -0.347 e. The number of benzene rings is 1. The number of rotatable bonds is 13. The highest BCUT2D eigenvalue weighted by atomic mass is 35.5. The van der Waals surface area contributed by atoms with Gasteiger partial charge >= 0.3 is 0 Å². The second kappa shape index (κ2) is 15.1. The van der Waals surface area contributed by atoms with Crippen molar-refractivity contribution >= 4 is 38.9 Å². The maximum atomic E-state index is 13.6. The SMILES string of the molecule is CCCCCCN(Cc1ccccn1)C1CCCN(S(=O)(=O)c2ccc(CNC(=O)c3ccc(Cl)cc3)s2)CC1. The highest BCUT2D eigenvalue weighted by Crippen LogP contribution is 2.28. The Bertz CT molecular complexity index is 1320. The Kier molecular flexibility index (Phi) is 11.6. The maximum absolute atomic E-state index is 13.6. The molecule has 40 heavy (non-hydrogen) atoms. The van der Waals surface area contributed by atoms with Crippen LogP contribution in [0.1, 0.15) is 72.8 Å². The van der Waals surface area contributed by atoms with Crippen LogP contribution in [0.2, 0.25) is 5.02 Å². The van der Waals surface area contributed by atoms with Crippen LogP contribution in [-0.2, 0) is 23.1 Å². The number of carbonyl (C=O) groups is 1. The van der Waals surface area contributed by atoms with E-state index >= 15 is 0 Å². The highest BCUT2D eigenvalue weighted by molar-refractivity contribution is 7.91. The fourth-order valence-corrected chi connectivity index (χ4v) is 8.15. The molecule has 7 nitrogen and oxygen atoms in total. The number of amides is 1. The number of thiophene rings is 1. The van der Waals surface area contributed by atoms with Crippen LogP contribution < -0.4 is 5.32 Å². The van der Waals surface area contributed by atoms with Gasteiger partial charge in [0.15, 0.2) is 0 Å². The summed E-state index contributed by atoms with van der Waals surface area (Å²) in [6, 6.07) is 16.5. The summed E-state index contributed by atoms with van der Waals surface area (Å²) >= 11 is 7.12. The highest BCUT2D eigenvalue weighted by Gasteiger charge is 2.30. The monoisotopic (exact) mass is 602 g/mol. The molecule has 1 aliphatic rings. The standard InChI is InChI=1S/C30H39ClN4O3S2/c1-2-3-4-7-19-34(23-26-9-5-6-18-32-26)27-10-8-20-35(21-17-27)40(37,38)29-16-15-28(39-29)22-33-30(36)24-11-13-25(31)14-12-24/h5-6,9,11-16,18,27H,2-4,7-8,10,17,19-23H2,1H3,(H,33,36). The molecule has 1 aromatic carbocycles. The molecule has 1 N–H and O–H groups in total. The summed E-state index contributed by atoms with van der Waals surface area (Å²) in [6.45, 7) is 5.31. The number of aromatic nitrogens is 1. The molecule has 1 atom stereocenters. The molecule has 0 saturated carbocycles. The van der Waals surface area contributed by atoms with E-state index in [-0.39, 0.29) is 12.5 Å². The average molecular weight is 603 g/mol. The number of nitrogens with one attached hydrogen (secondary N) is 1. The van der Waals surface area contributed by atoms with Gasteiger partial charge in [0.1, 0.15) is 4.21 Å². The summed E-state index contributed by atoms with van der Waals surface area (Å²) in [5.41, 5.74) is 1.57. The van der Waals surface area contributed by atoms with E-state index in [4.69, 9.17) is 11.6 Å². The zero-order valence-electron chi connectivity index (χ0n) is 23.1. The van der Waals surface area contributed by atoms with Crippen LogP contribution in [-0.4, -0.2) is 54.2 Å². The van der Waals surface area contributed by atoms with E-state index < -0.39 is 10.0 Å². The van der Waals surface area contributed by atoms with Gasteiger partial charge in [0.2, 0.25) is 0 Å². The zero-order valence-corrected chi connectivity index (χ0v) is 25.5. The van der Waals surface area contributed by atoms with Gasteiger partial charge in [0.05, 0.1) is 12.2 Å². The van der Waals surface area contributed by atoms with Crippen molar-refractivity contribution in [3.05, 3.63) is 82.0 Å². The predicted molar refractivity (Wildman–Crippen MR) is 162 cm³/mol. The van der Waals surface area contributed by atoms with Gasteiger partial charge in [-0.25, -0.2) is 8.42 Å². The lowest BCUT2D eigenvalue weighted by molar-refractivity contribution is 0.0951. The summed E-state index contributed by atoms with van der Waals surface area (Å²) in [4.78, 5) is 20.3. The van der Waals surface area contributed by atoms with Gasteiger partial charge < -0.3 is 5.32 Å². The smallest absolute Gasteiger partial charge is 0.252 e. The summed E-state index contributed by atoms with van der Waals surface area (Å²) in [5, 5.41) is 3.43. The normalized spacial score (nSPS) is 16.6. The van der Waals surface area contributed by atoms with Crippen molar-refractivity contribution in [2.45, 2.75) is 75.2 Å². The second-order valence-corrected chi connectivity index (χ2v) is 14.0. The molecular weight excluding hydrogens is 564 g/mol.